The Labute approximate surface area is 93.7 Å². The van der Waals surface area contributed by atoms with Crippen LogP contribution in [0.15, 0.2) is 0 Å². The Hall–Kier alpha value is -0.330. The van der Waals surface area contributed by atoms with Gasteiger partial charge in [0.15, 0.2) is 0 Å². The number of nitrogens with zero attached hydrogens (tertiary/aromatic N) is 1. The molecule has 1 rings (SSSR count). The molecule has 2 N–H and O–H groups in total. The number of nitrogens with two attached hydrogens (primary N) is 1. The summed E-state index contributed by atoms with van der Waals surface area (Å²) in [5.74, 6) is 0.308. The Morgan fingerprint density at radius 3 is 2.38 bits per heavy atom. The highest BCUT2D eigenvalue weighted by molar-refractivity contribution is 4.71. The van der Waals surface area contributed by atoms with Gasteiger partial charge in [-0.3, -0.25) is 4.90 Å². The van der Waals surface area contributed by atoms with Crippen LogP contribution in [0.1, 0.15) is 12.8 Å². The third-order valence-corrected chi connectivity index (χ3v) is 2.71. The first kappa shape index (κ1) is 13.7. The average molecular weight is 240 g/mol. The number of ether oxygens (including phenoxy) is 1. The van der Waals surface area contributed by atoms with Crippen LogP contribution in [0.2, 0.25) is 0 Å². The SMILES string of the molecule is NCCN(CC1CCOCC1)CC(F)(F)F. The lowest BCUT2D eigenvalue weighted by Crippen LogP contribution is -2.41. The minimum atomic E-state index is -4.14. The normalized spacial score (nSPS) is 19.3. The van der Waals surface area contributed by atoms with E-state index in [0.717, 1.165) is 12.8 Å². The number of hydrogen-bond acceptors (Lipinski definition) is 3. The van der Waals surface area contributed by atoms with Gasteiger partial charge in [-0.25, -0.2) is 0 Å². The Kier molecular flexibility index (Phi) is 5.51. The predicted molar refractivity (Wildman–Crippen MR) is 55.1 cm³/mol. The first-order valence-corrected chi connectivity index (χ1v) is 5.58. The van der Waals surface area contributed by atoms with Gasteiger partial charge in [-0.05, 0) is 18.8 Å². The maximum absolute atomic E-state index is 12.3. The molecular weight excluding hydrogens is 221 g/mol. The maximum Gasteiger partial charge on any atom is 0.401 e. The van der Waals surface area contributed by atoms with Crippen LogP contribution in [0.3, 0.4) is 0 Å². The van der Waals surface area contributed by atoms with Crippen molar-refractivity contribution in [3.63, 3.8) is 0 Å². The van der Waals surface area contributed by atoms with Gasteiger partial charge in [0.25, 0.3) is 0 Å². The van der Waals surface area contributed by atoms with E-state index in [2.05, 4.69) is 0 Å². The van der Waals surface area contributed by atoms with E-state index in [9.17, 15) is 13.2 Å². The molecule has 16 heavy (non-hydrogen) atoms. The molecule has 1 aliphatic heterocycles. The van der Waals surface area contributed by atoms with Crippen molar-refractivity contribution in [1.82, 2.24) is 4.90 Å². The van der Waals surface area contributed by atoms with E-state index in [1.54, 1.807) is 0 Å². The highest BCUT2D eigenvalue weighted by atomic mass is 19.4. The fraction of sp³-hybridized carbons (Fsp3) is 1.00. The van der Waals surface area contributed by atoms with E-state index >= 15 is 0 Å². The molecule has 1 saturated heterocycles. The summed E-state index contributed by atoms with van der Waals surface area (Å²) >= 11 is 0. The fourth-order valence-corrected chi connectivity index (χ4v) is 1.97. The lowest BCUT2D eigenvalue weighted by molar-refractivity contribution is -0.147. The summed E-state index contributed by atoms with van der Waals surface area (Å²) in [6.45, 7) is 1.50. The van der Waals surface area contributed by atoms with Gasteiger partial charge < -0.3 is 10.5 Å². The van der Waals surface area contributed by atoms with E-state index < -0.39 is 12.7 Å². The van der Waals surface area contributed by atoms with Crippen LogP contribution in [0.5, 0.6) is 0 Å². The molecule has 96 valence electrons. The van der Waals surface area contributed by atoms with Gasteiger partial charge in [-0.1, -0.05) is 0 Å². The van der Waals surface area contributed by atoms with Crippen molar-refractivity contribution < 1.29 is 17.9 Å². The van der Waals surface area contributed by atoms with E-state index in [4.69, 9.17) is 10.5 Å². The van der Waals surface area contributed by atoms with Crippen molar-refractivity contribution in [2.75, 3.05) is 39.4 Å². The molecule has 0 bridgehead atoms. The van der Waals surface area contributed by atoms with Crippen LogP contribution in [0.4, 0.5) is 13.2 Å². The Morgan fingerprint density at radius 1 is 1.25 bits per heavy atom. The minimum Gasteiger partial charge on any atom is -0.381 e. The van der Waals surface area contributed by atoms with Crippen molar-refractivity contribution in [2.45, 2.75) is 19.0 Å². The second kappa shape index (κ2) is 6.42. The highest BCUT2D eigenvalue weighted by Gasteiger charge is 2.31. The van der Waals surface area contributed by atoms with Gasteiger partial charge in [0, 0.05) is 32.8 Å². The molecule has 0 amide bonds. The molecular formula is C10H19F3N2O. The fourth-order valence-electron chi connectivity index (χ4n) is 1.97. The first-order valence-electron chi connectivity index (χ1n) is 5.58. The molecule has 1 heterocycles. The molecule has 6 heteroatoms. The monoisotopic (exact) mass is 240 g/mol. The number of rotatable bonds is 5. The van der Waals surface area contributed by atoms with Crippen molar-refractivity contribution in [3.8, 4) is 0 Å². The predicted octanol–water partition coefficient (Wildman–Crippen LogP) is 1.24. The van der Waals surface area contributed by atoms with Crippen molar-refractivity contribution in [3.05, 3.63) is 0 Å². The number of halogens is 3. The lowest BCUT2D eigenvalue weighted by Gasteiger charge is -2.29. The molecule has 1 fully saturated rings. The van der Waals surface area contributed by atoms with Crippen LogP contribution < -0.4 is 5.73 Å². The van der Waals surface area contributed by atoms with Gasteiger partial charge in [0.05, 0.1) is 6.54 Å². The molecule has 0 atom stereocenters. The zero-order chi connectivity index (χ0) is 12.0. The standard InChI is InChI=1S/C10H19F3N2O/c11-10(12,13)8-15(4-3-14)7-9-1-5-16-6-2-9/h9H,1-8,14H2. The van der Waals surface area contributed by atoms with Crippen molar-refractivity contribution in [2.24, 2.45) is 11.7 Å². The number of hydrogen-bond donors (Lipinski definition) is 1. The number of alkyl halides is 3. The van der Waals surface area contributed by atoms with E-state index in [1.165, 1.54) is 4.90 Å². The summed E-state index contributed by atoms with van der Waals surface area (Å²) in [5, 5.41) is 0. The molecule has 3 nitrogen and oxygen atoms in total. The molecule has 0 saturated carbocycles. The van der Waals surface area contributed by atoms with Crippen LogP contribution >= 0.6 is 0 Å². The molecule has 0 spiro atoms. The maximum atomic E-state index is 12.3. The van der Waals surface area contributed by atoms with Crippen LogP contribution in [-0.2, 0) is 4.74 Å². The Balaban J connectivity index is 2.36. The van der Waals surface area contributed by atoms with E-state index in [0.29, 0.717) is 32.2 Å². The second-order valence-corrected chi connectivity index (χ2v) is 4.19. The summed E-state index contributed by atoms with van der Waals surface area (Å²) in [6.07, 6.45) is -2.45. The lowest BCUT2D eigenvalue weighted by atomic mass is 10.00. The third-order valence-electron chi connectivity index (χ3n) is 2.71. The summed E-state index contributed by atoms with van der Waals surface area (Å²) in [5.41, 5.74) is 5.32. The minimum absolute atomic E-state index is 0.263. The molecule has 0 aliphatic carbocycles. The topological polar surface area (TPSA) is 38.5 Å². The quantitative estimate of drug-likeness (QED) is 0.785. The highest BCUT2D eigenvalue weighted by Crippen LogP contribution is 2.20. The summed E-state index contributed by atoms with van der Waals surface area (Å²) in [6, 6.07) is 0. The summed E-state index contributed by atoms with van der Waals surface area (Å²) in [7, 11) is 0. The largest absolute Gasteiger partial charge is 0.401 e. The molecule has 0 aromatic heterocycles. The average Bonchev–Trinajstić information content (AvgIpc) is 2.17. The zero-order valence-electron chi connectivity index (χ0n) is 9.30. The molecule has 0 unspecified atom stereocenters. The Bertz CT molecular complexity index is 193. The zero-order valence-corrected chi connectivity index (χ0v) is 9.30. The van der Waals surface area contributed by atoms with Crippen molar-refractivity contribution >= 4 is 0 Å². The van der Waals surface area contributed by atoms with Gasteiger partial charge >= 0.3 is 6.18 Å². The van der Waals surface area contributed by atoms with Gasteiger partial charge in [0.1, 0.15) is 0 Å². The van der Waals surface area contributed by atoms with Gasteiger partial charge in [-0.15, -0.1) is 0 Å². The molecule has 0 aromatic carbocycles. The first-order chi connectivity index (χ1) is 7.51. The van der Waals surface area contributed by atoms with E-state index in [1.807, 2.05) is 0 Å². The summed E-state index contributed by atoms with van der Waals surface area (Å²) in [4.78, 5) is 1.40. The molecule has 0 aromatic rings. The van der Waals surface area contributed by atoms with Gasteiger partial charge in [-0.2, -0.15) is 13.2 Å². The molecule has 0 radical (unpaired) electrons. The van der Waals surface area contributed by atoms with Crippen LogP contribution in [-0.4, -0.2) is 50.5 Å². The Morgan fingerprint density at radius 2 is 1.88 bits per heavy atom. The second-order valence-electron chi connectivity index (χ2n) is 4.19. The molecule has 1 aliphatic rings. The third kappa shape index (κ3) is 5.67. The van der Waals surface area contributed by atoms with Gasteiger partial charge in [0.2, 0.25) is 0 Å². The van der Waals surface area contributed by atoms with Crippen LogP contribution in [0, 0.1) is 5.92 Å². The van der Waals surface area contributed by atoms with Crippen molar-refractivity contribution in [1.29, 1.82) is 0 Å². The van der Waals surface area contributed by atoms with E-state index in [-0.39, 0.29) is 6.54 Å². The summed E-state index contributed by atoms with van der Waals surface area (Å²) < 4.78 is 42.0. The smallest absolute Gasteiger partial charge is 0.381 e. The van der Waals surface area contributed by atoms with Crippen LogP contribution in [0.25, 0.3) is 0 Å².